The van der Waals surface area contributed by atoms with Gasteiger partial charge in [0.05, 0.1) is 15.7 Å². The summed E-state index contributed by atoms with van der Waals surface area (Å²) in [6.07, 6.45) is 1.40. The van der Waals surface area contributed by atoms with Gasteiger partial charge in [-0.25, -0.2) is 13.8 Å². The summed E-state index contributed by atoms with van der Waals surface area (Å²) in [5.41, 5.74) is -0.620. The highest BCUT2D eigenvalue weighted by molar-refractivity contribution is 14.1. The van der Waals surface area contributed by atoms with Crippen molar-refractivity contribution in [3.8, 4) is 0 Å². The molecule has 1 aromatic carbocycles. The molecule has 0 spiro atoms. The maximum Gasteiger partial charge on any atom is 0.267 e. The van der Waals surface area contributed by atoms with Crippen molar-refractivity contribution < 1.29 is 13.6 Å². The molecule has 2 rings (SSSR count). The Balaban J connectivity index is 2.38. The number of carbonyl (C=O) groups excluding carboxylic acids is 1. The molecule has 0 atom stereocenters. The van der Waals surface area contributed by atoms with Crippen molar-refractivity contribution in [2.45, 2.75) is 13.5 Å². The first-order chi connectivity index (χ1) is 9.40. The molecule has 7 heteroatoms. The average Bonchev–Trinajstić information content (AvgIpc) is 2.39. The third-order valence-corrected chi connectivity index (χ3v) is 3.48. The fourth-order valence-corrected chi connectivity index (χ4v) is 2.11. The molecular weight excluding hydrogens is 381 g/mol. The zero-order valence-electron chi connectivity index (χ0n) is 10.4. The van der Waals surface area contributed by atoms with Gasteiger partial charge in [0.2, 0.25) is 0 Å². The lowest BCUT2D eigenvalue weighted by atomic mass is 10.1. The number of halogens is 3. The molecule has 0 bridgehead atoms. The van der Waals surface area contributed by atoms with Crippen LogP contribution in [0.4, 0.5) is 8.78 Å². The van der Waals surface area contributed by atoms with E-state index in [0.717, 1.165) is 16.7 Å². The highest BCUT2D eigenvalue weighted by Gasteiger charge is 2.15. The molecule has 0 saturated carbocycles. The zero-order chi connectivity index (χ0) is 14.9. The molecular formula is C13H9F2IN2O2. The summed E-state index contributed by atoms with van der Waals surface area (Å²) in [6, 6.07) is 2.70. The third kappa shape index (κ3) is 2.92. The standard InChI is InChI=1S/C13H9F2IN2O2/c1-7-17-5-11(16)13(20)18(7)6-12(19)9-3-2-8(14)4-10(9)15/h2-5H,6H2,1H3. The number of hydrogen-bond donors (Lipinski definition) is 0. The molecule has 104 valence electrons. The second-order valence-electron chi connectivity index (χ2n) is 4.09. The molecule has 0 unspecified atom stereocenters. The first kappa shape index (κ1) is 14.8. The smallest absolute Gasteiger partial charge is 0.267 e. The van der Waals surface area contributed by atoms with Crippen LogP contribution < -0.4 is 5.56 Å². The fourth-order valence-electron chi connectivity index (χ4n) is 1.68. The number of benzene rings is 1. The van der Waals surface area contributed by atoms with Crippen molar-refractivity contribution in [3.05, 3.63) is 61.3 Å². The molecule has 0 saturated heterocycles. The van der Waals surface area contributed by atoms with Gasteiger partial charge in [-0.2, -0.15) is 0 Å². The minimum absolute atomic E-state index is 0.253. The van der Waals surface area contributed by atoms with E-state index in [9.17, 15) is 18.4 Å². The van der Waals surface area contributed by atoms with Gasteiger partial charge in [-0.1, -0.05) is 0 Å². The molecule has 0 N–H and O–H groups in total. The van der Waals surface area contributed by atoms with Crippen molar-refractivity contribution in [2.24, 2.45) is 0 Å². The van der Waals surface area contributed by atoms with E-state index in [-0.39, 0.29) is 17.7 Å². The van der Waals surface area contributed by atoms with Gasteiger partial charge in [-0.3, -0.25) is 14.2 Å². The van der Waals surface area contributed by atoms with Crippen molar-refractivity contribution in [1.29, 1.82) is 0 Å². The predicted molar refractivity (Wildman–Crippen MR) is 76.6 cm³/mol. The van der Waals surface area contributed by atoms with Crippen LogP contribution in [0.1, 0.15) is 16.2 Å². The Labute approximate surface area is 126 Å². The van der Waals surface area contributed by atoms with Gasteiger partial charge in [0.1, 0.15) is 17.5 Å². The van der Waals surface area contributed by atoms with Crippen molar-refractivity contribution >= 4 is 28.4 Å². The van der Waals surface area contributed by atoms with Gasteiger partial charge >= 0.3 is 0 Å². The van der Waals surface area contributed by atoms with Crippen molar-refractivity contribution in [3.63, 3.8) is 0 Å². The van der Waals surface area contributed by atoms with Gasteiger partial charge in [-0.15, -0.1) is 0 Å². The minimum Gasteiger partial charge on any atom is -0.292 e. The monoisotopic (exact) mass is 390 g/mol. The number of aromatic nitrogens is 2. The van der Waals surface area contributed by atoms with Gasteiger partial charge in [0.25, 0.3) is 5.56 Å². The molecule has 2 aromatic rings. The predicted octanol–water partition coefficient (Wildman–Crippen LogP) is 2.32. The van der Waals surface area contributed by atoms with Crippen LogP contribution in [-0.2, 0) is 6.54 Å². The van der Waals surface area contributed by atoms with E-state index in [4.69, 9.17) is 0 Å². The zero-order valence-corrected chi connectivity index (χ0v) is 12.5. The van der Waals surface area contributed by atoms with E-state index >= 15 is 0 Å². The lowest BCUT2D eigenvalue weighted by Gasteiger charge is -2.09. The SMILES string of the molecule is Cc1ncc(I)c(=O)n1CC(=O)c1ccc(F)cc1F. The third-order valence-electron chi connectivity index (χ3n) is 2.74. The molecule has 1 heterocycles. The number of hydrogen-bond acceptors (Lipinski definition) is 3. The number of rotatable bonds is 3. The van der Waals surface area contributed by atoms with E-state index in [2.05, 4.69) is 4.98 Å². The summed E-state index contributed by atoms with van der Waals surface area (Å²) < 4.78 is 27.8. The summed E-state index contributed by atoms with van der Waals surface area (Å²) in [5.74, 6) is -1.97. The van der Waals surface area contributed by atoms with Crippen LogP contribution >= 0.6 is 22.6 Å². The van der Waals surface area contributed by atoms with Crippen LogP contribution in [0.5, 0.6) is 0 Å². The Kier molecular flexibility index (Phi) is 4.26. The maximum atomic E-state index is 13.5. The molecule has 0 aliphatic carbocycles. The largest absolute Gasteiger partial charge is 0.292 e. The summed E-state index contributed by atoms with van der Waals surface area (Å²) in [4.78, 5) is 27.9. The Morgan fingerprint density at radius 3 is 2.75 bits per heavy atom. The molecule has 0 aliphatic rings. The second kappa shape index (κ2) is 5.78. The van der Waals surface area contributed by atoms with E-state index in [1.807, 2.05) is 22.6 Å². The molecule has 0 aliphatic heterocycles. The van der Waals surface area contributed by atoms with Crippen LogP contribution in [0, 0.1) is 22.1 Å². The highest BCUT2D eigenvalue weighted by atomic mass is 127. The lowest BCUT2D eigenvalue weighted by Crippen LogP contribution is -2.29. The number of carbonyl (C=O) groups is 1. The second-order valence-corrected chi connectivity index (χ2v) is 5.25. The van der Waals surface area contributed by atoms with E-state index < -0.39 is 17.4 Å². The Hall–Kier alpha value is -1.64. The Bertz CT molecular complexity index is 744. The maximum absolute atomic E-state index is 13.5. The molecule has 0 radical (unpaired) electrons. The first-order valence-corrected chi connectivity index (χ1v) is 6.68. The van der Waals surface area contributed by atoms with Crippen LogP contribution in [0.2, 0.25) is 0 Å². The molecule has 20 heavy (non-hydrogen) atoms. The summed E-state index contributed by atoms with van der Waals surface area (Å²) >= 11 is 1.81. The van der Waals surface area contributed by atoms with Gasteiger partial charge < -0.3 is 0 Å². The van der Waals surface area contributed by atoms with Gasteiger partial charge in [0, 0.05) is 12.3 Å². The quantitative estimate of drug-likeness (QED) is 0.597. The van der Waals surface area contributed by atoms with Gasteiger partial charge in [-0.05, 0) is 41.6 Å². The normalized spacial score (nSPS) is 10.6. The molecule has 4 nitrogen and oxygen atoms in total. The molecule has 0 fully saturated rings. The van der Waals surface area contributed by atoms with Crippen LogP contribution in [0.3, 0.4) is 0 Å². The summed E-state index contributed by atoms with van der Waals surface area (Å²) in [7, 11) is 0. The minimum atomic E-state index is -0.945. The summed E-state index contributed by atoms with van der Waals surface area (Å²) in [5, 5.41) is 0. The topological polar surface area (TPSA) is 52.0 Å². The van der Waals surface area contributed by atoms with Gasteiger partial charge in [0.15, 0.2) is 5.78 Å². The number of aryl methyl sites for hydroxylation is 1. The van der Waals surface area contributed by atoms with Crippen molar-refractivity contribution in [1.82, 2.24) is 9.55 Å². The highest BCUT2D eigenvalue weighted by Crippen LogP contribution is 2.11. The van der Waals surface area contributed by atoms with E-state index in [1.165, 1.54) is 6.20 Å². The fraction of sp³-hybridized carbons (Fsp3) is 0.154. The number of ketones is 1. The molecule has 1 aromatic heterocycles. The number of nitrogens with zero attached hydrogens (tertiary/aromatic N) is 2. The average molecular weight is 390 g/mol. The van der Waals surface area contributed by atoms with E-state index in [1.54, 1.807) is 6.92 Å². The lowest BCUT2D eigenvalue weighted by molar-refractivity contribution is 0.0965. The van der Waals surface area contributed by atoms with Crippen LogP contribution in [0.15, 0.2) is 29.2 Å². The summed E-state index contributed by atoms with van der Waals surface area (Å²) in [6.45, 7) is 1.24. The number of Topliss-reactive ketones (excluding diaryl/α,β-unsaturated/α-hetero) is 1. The van der Waals surface area contributed by atoms with Crippen LogP contribution in [0.25, 0.3) is 0 Å². The first-order valence-electron chi connectivity index (χ1n) is 5.60. The van der Waals surface area contributed by atoms with E-state index in [0.29, 0.717) is 15.5 Å². The Morgan fingerprint density at radius 1 is 1.40 bits per heavy atom. The molecule has 0 amide bonds. The van der Waals surface area contributed by atoms with Crippen molar-refractivity contribution in [2.75, 3.05) is 0 Å². The Morgan fingerprint density at radius 2 is 2.10 bits per heavy atom. The van der Waals surface area contributed by atoms with Crippen LogP contribution in [-0.4, -0.2) is 15.3 Å².